The Hall–Kier alpha value is 0.576. The normalized spacial score (nSPS) is 21.0. The van der Waals surface area contributed by atoms with E-state index in [0.29, 0.717) is 0 Å². The first-order chi connectivity index (χ1) is 4.02. The molecule has 0 saturated carbocycles. The molecule has 4 nitrogen and oxygen atoms in total. The maximum atomic E-state index is 10.6. The Morgan fingerprint density at radius 1 is 1.40 bits per heavy atom. The van der Waals surface area contributed by atoms with Gasteiger partial charge < -0.3 is 4.74 Å². The van der Waals surface area contributed by atoms with Crippen molar-refractivity contribution in [1.82, 2.24) is 5.32 Å². The predicted molar refractivity (Wildman–Crippen MR) is 34.5 cm³/mol. The Morgan fingerprint density at radius 3 is 2.00 bits per heavy atom. The molecule has 1 aliphatic heterocycles. The van der Waals surface area contributed by atoms with Crippen molar-refractivity contribution < 1.29 is 14.3 Å². The third kappa shape index (κ3) is 2.03. The Labute approximate surface area is 101 Å². The zero-order chi connectivity index (χ0) is 7.07. The van der Waals surface area contributed by atoms with Crippen molar-refractivity contribution in [1.29, 1.82) is 0 Å². The van der Waals surface area contributed by atoms with E-state index < -0.39 is 11.7 Å². The van der Waals surface area contributed by atoms with Gasteiger partial charge in [-0.05, 0) is 13.8 Å². The smallest absolute Gasteiger partial charge is 0.415 e. The molecule has 1 radical (unpaired) electrons. The van der Waals surface area contributed by atoms with Gasteiger partial charge in [0.15, 0.2) is 5.60 Å². The molecule has 1 aliphatic rings. The van der Waals surface area contributed by atoms with Gasteiger partial charge >= 0.3 is 6.09 Å². The summed E-state index contributed by atoms with van der Waals surface area (Å²) in [6, 6.07) is 0. The summed E-state index contributed by atoms with van der Waals surface area (Å²) in [5, 5.41) is 2.01. The minimum Gasteiger partial charge on any atom is -0.433 e. The molecule has 1 N–H and O–H groups in total. The first kappa shape index (κ1) is 10.6. The summed E-state index contributed by atoms with van der Waals surface area (Å²) in [6.45, 7) is 3.07. The second kappa shape index (κ2) is 3.32. The van der Waals surface area contributed by atoms with E-state index in [-0.39, 0.29) is 57.3 Å². The zero-order valence-electron chi connectivity index (χ0n) is 6.22. The molecule has 0 aromatic heterocycles. The summed E-state index contributed by atoms with van der Waals surface area (Å²) < 4.78 is 4.56. The van der Waals surface area contributed by atoms with Crippen molar-refractivity contribution in [3.8, 4) is 0 Å². The molecule has 0 bridgehead atoms. The molecule has 1 heterocycles. The molecule has 5 heteroatoms. The van der Waals surface area contributed by atoms with Crippen LogP contribution in [0.5, 0.6) is 0 Å². The SMILES string of the molecule is CC1(C)OC(=O)NC1=O.[K]. The number of hydrogen-bond acceptors (Lipinski definition) is 3. The van der Waals surface area contributed by atoms with Gasteiger partial charge in [0.1, 0.15) is 0 Å². The van der Waals surface area contributed by atoms with Crippen LogP contribution in [0, 0.1) is 0 Å². The Kier molecular flexibility index (Phi) is 3.51. The average molecular weight is 168 g/mol. The van der Waals surface area contributed by atoms with E-state index in [9.17, 15) is 9.59 Å². The first-order valence-corrected chi connectivity index (χ1v) is 2.57. The molecule has 0 unspecified atom stereocenters. The molecule has 0 aromatic carbocycles. The number of ether oxygens (including phenoxy) is 1. The third-order valence-electron chi connectivity index (χ3n) is 1.11. The van der Waals surface area contributed by atoms with Crippen LogP contribution < -0.4 is 5.32 Å². The summed E-state index contributed by atoms with van der Waals surface area (Å²) in [4.78, 5) is 21.0. The molecule has 0 aliphatic carbocycles. The van der Waals surface area contributed by atoms with Crippen LogP contribution in [-0.4, -0.2) is 69.0 Å². The van der Waals surface area contributed by atoms with Gasteiger partial charge in [-0.15, -0.1) is 0 Å². The van der Waals surface area contributed by atoms with Crippen molar-refractivity contribution in [3.63, 3.8) is 0 Å². The molecular formula is C5H7KNO3. The maximum absolute atomic E-state index is 10.6. The van der Waals surface area contributed by atoms with Crippen LogP contribution in [0.2, 0.25) is 0 Å². The molecule has 10 heavy (non-hydrogen) atoms. The number of carbonyl (C=O) groups is 2. The van der Waals surface area contributed by atoms with E-state index in [1.807, 2.05) is 5.32 Å². The van der Waals surface area contributed by atoms with E-state index in [4.69, 9.17) is 0 Å². The van der Waals surface area contributed by atoms with Gasteiger partial charge in [-0.1, -0.05) is 0 Å². The zero-order valence-corrected chi connectivity index (χ0v) is 9.35. The fourth-order valence-electron chi connectivity index (χ4n) is 0.547. The number of hydrogen-bond donors (Lipinski definition) is 1. The van der Waals surface area contributed by atoms with Gasteiger partial charge in [0.2, 0.25) is 0 Å². The number of carbonyl (C=O) groups excluding carboxylic acids is 2. The molecule has 0 aromatic rings. The molecule has 0 spiro atoms. The van der Waals surface area contributed by atoms with Crippen LogP contribution in [0.15, 0.2) is 0 Å². The monoisotopic (exact) mass is 168 g/mol. The van der Waals surface area contributed by atoms with Gasteiger partial charge in [0.05, 0.1) is 0 Å². The van der Waals surface area contributed by atoms with Gasteiger partial charge in [-0.25, -0.2) is 4.79 Å². The standard InChI is InChI=1S/C5H7NO3.K/c1-5(2)3(7)6-4(8)9-5;/h1-2H3,(H,6,7,8);. The molecule has 1 saturated heterocycles. The van der Waals surface area contributed by atoms with Crippen LogP contribution >= 0.6 is 0 Å². The number of nitrogens with one attached hydrogen (secondary N) is 1. The van der Waals surface area contributed by atoms with Gasteiger partial charge in [-0.3, -0.25) is 10.1 Å². The van der Waals surface area contributed by atoms with Gasteiger partial charge in [-0.2, -0.15) is 0 Å². The van der Waals surface area contributed by atoms with Crippen LogP contribution in [-0.2, 0) is 9.53 Å². The summed E-state index contributed by atoms with van der Waals surface area (Å²) >= 11 is 0. The average Bonchev–Trinajstić information content (AvgIpc) is 1.79. The summed E-state index contributed by atoms with van der Waals surface area (Å²) in [7, 11) is 0. The summed E-state index contributed by atoms with van der Waals surface area (Å²) in [6.07, 6.45) is -0.662. The summed E-state index contributed by atoms with van der Waals surface area (Å²) in [5.41, 5.74) is -0.975. The van der Waals surface area contributed by atoms with Gasteiger partial charge in [0.25, 0.3) is 5.91 Å². The Balaban J connectivity index is 0.000000810. The molecule has 2 amide bonds. The minimum atomic E-state index is -0.975. The number of alkyl carbamates (subject to hydrolysis) is 1. The van der Waals surface area contributed by atoms with Crippen molar-refractivity contribution in [2.45, 2.75) is 19.4 Å². The Morgan fingerprint density at radius 2 is 1.90 bits per heavy atom. The summed E-state index contributed by atoms with van der Waals surface area (Å²) in [5.74, 6) is -0.382. The van der Waals surface area contributed by atoms with Crippen molar-refractivity contribution in [2.75, 3.05) is 0 Å². The van der Waals surface area contributed by atoms with Crippen LogP contribution in [0.25, 0.3) is 0 Å². The molecule has 51 valence electrons. The van der Waals surface area contributed by atoms with Crippen molar-refractivity contribution >= 4 is 63.4 Å². The number of cyclic esters (lactones) is 1. The second-order valence-corrected chi connectivity index (χ2v) is 2.35. The largest absolute Gasteiger partial charge is 0.433 e. The van der Waals surface area contributed by atoms with E-state index in [0.717, 1.165) is 0 Å². The van der Waals surface area contributed by atoms with E-state index in [1.165, 1.54) is 13.8 Å². The predicted octanol–water partition coefficient (Wildman–Crippen LogP) is -0.349. The second-order valence-electron chi connectivity index (χ2n) is 2.35. The third-order valence-corrected chi connectivity index (χ3v) is 1.11. The first-order valence-electron chi connectivity index (χ1n) is 2.57. The quantitative estimate of drug-likeness (QED) is 0.503. The van der Waals surface area contributed by atoms with E-state index >= 15 is 0 Å². The minimum absolute atomic E-state index is 0. The van der Waals surface area contributed by atoms with Crippen molar-refractivity contribution in [3.05, 3.63) is 0 Å². The fourth-order valence-corrected chi connectivity index (χ4v) is 0.547. The van der Waals surface area contributed by atoms with Gasteiger partial charge in [0, 0.05) is 51.4 Å². The fraction of sp³-hybridized carbons (Fsp3) is 0.600. The van der Waals surface area contributed by atoms with E-state index in [2.05, 4.69) is 4.74 Å². The number of amides is 2. The molecule has 1 fully saturated rings. The molecular weight excluding hydrogens is 161 g/mol. The Bertz CT molecular complexity index is 178. The maximum Gasteiger partial charge on any atom is 0.415 e. The molecule has 0 atom stereocenters. The van der Waals surface area contributed by atoms with Crippen LogP contribution in [0.1, 0.15) is 13.8 Å². The van der Waals surface area contributed by atoms with Crippen LogP contribution in [0.3, 0.4) is 0 Å². The van der Waals surface area contributed by atoms with Crippen LogP contribution in [0.4, 0.5) is 4.79 Å². The topological polar surface area (TPSA) is 55.4 Å². The van der Waals surface area contributed by atoms with Crippen molar-refractivity contribution in [2.24, 2.45) is 0 Å². The van der Waals surface area contributed by atoms with E-state index in [1.54, 1.807) is 0 Å². The number of imide groups is 1. The molecule has 1 rings (SSSR count). The number of rotatable bonds is 0.